The van der Waals surface area contributed by atoms with Crippen molar-refractivity contribution in [2.24, 2.45) is 0 Å². The molecule has 124 valence electrons. The average Bonchev–Trinajstić information content (AvgIpc) is 3.01. The fourth-order valence-electron chi connectivity index (χ4n) is 3.61. The van der Waals surface area contributed by atoms with Gasteiger partial charge in [-0.25, -0.2) is 9.29 Å². The van der Waals surface area contributed by atoms with Gasteiger partial charge in [0.2, 0.25) is 5.91 Å². The third-order valence-electron chi connectivity index (χ3n) is 4.76. The SMILES string of the molecule is CSC1C(=O)Nc2cc(F)c(N3C(=O)C4=C(CCCC4)C3=O)cc21. The molecule has 0 bridgehead atoms. The van der Waals surface area contributed by atoms with Crippen LogP contribution >= 0.6 is 11.8 Å². The zero-order valence-electron chi connectivity index (χ0n) is 13.0. The molecule has 5 nitrogen and oxygen atoms in total. The second-order valence-corrected chi connectivity index (χ2v) is 7.05. The number of imide groups is 1. The van der Waals surface area contributed by atoms with Crippen molar-refractivity contribution in [1.82, 2.24) is 0 Å². The summed E-state index contributed by atoms with van der Waals surface area (Å²) in [5.74, 6) is -1.75. The topological polar surface area (TPSA) is 66.5 Å². The summed E-state index contributed by atoms with van der Waals surface area (Å²) in [6, 6.07) is 2.65. The molecule has 3 aliphatic rings. The number of rotatable bonds is 2. The summed E-state index contributed by atoms with van der Waals surface area (Å²) in [6.45, 7) is 0. The number of carbonyl (C=O) groups excluding carboxylic acids is 3. The van der Waals surface area contributed by atoms with Gasteiger partial charge in [0.25, 0.3) is 11.8 Å². The van der Waals surface area contributed by atoms with E-state index in [1.165, 1.54) is 23.9 Å². The molecule has 1 aromatic rings. The Kier molecular flexibility index (Phi) is 3.49. The van der Waals surface area contributed by atoms with E-state index in [2.05, 4.69) is 5.32 Å². The van der Waals surface area contributed by atoms with Gasteiger partial charge in [-0.15, -0.1) is 11.8 Å². The zero-order valence-corrected chi connectivity index (χ0v) is 13.8. The Hall–Kier alpha value is -2.15. The highest BCUT2D eigenvalue weighted by Gasteiger charge is 2.42. The Labute approximate surface area is 142 Å². The van der Waals surface area contributed by atoms with Crippen LogP contribution in [-0.2, 0) is 14.4 Å². The molecule has 2 aliphatic heterocycles. The lowest BCUT2D eigenvalue weighted by atomic mass is 9.93. The van der Waals surface area contributed by atoms with Crippen LogP contribution in [0.25, 0.3) is 0 Å². The molecular formula is C17H15FN2O3S. The third-order valence-corrected chi connectivity index (χ3v) is 5.70. The van der Waals surface area contributed by atoms with Crippen molar-refractivity contribution in [2.75, 3.05) is 16.5 Å². The molecule has 4 rings (SSSR count). The van der Waals surface area contributed by atoms with Crippen molar-refractivity contribution in [3.63, 3.8) is 0 Å². The largest absolute Gasteiger partial charge is 0.324 e. The second-order valence-electron chi connectivity index (χ2n) is 6.11. The molecule has 1 aliphatic carbocycles. The quantitative estimate of drug-likeness (QED) is 0.836. The molecule has 1 unspecified atom stereocenters. The van der Waals surface area contributed by atoms with Gasteiger partial charge < -0.3 is 5.32 Å². The lowest BCUT2D eigenvalue weighted by Crippen LogP contribution is -2.32. The van der Waals surface area contributed by atoms with Gasteiger partial charge in [0, 0.05) is 22.4 Å². The molecule has 0 spiro atoms. The molecule has 1 atom stereocenters. The van der Waals surface area contributed by atoms with E-state index in [1.807, 2.05) is 0 Å². The molecule has 0 aromatic heterocycles. The fraction of sp³-hybridized carbons (Fsp3) is 0.353. The minimum absolute atomic E-state index is 0.0614. The molecule has 7 heteroatoms. The van der Waals surface area contributed by atoms with Crippen LogP contribution in [-0.4, -0.2) is 24.0 Å². The number of hydrogen-bond donors (Lipinski definition) is 1. The summed E-state index contributed by atoms with van der Waals surface area (Å²) in [7, 11) is 0. The first kappa shape index (κ1) is 15.4. The van der Waals surface area contributed by atoms with E-state index in [1.54, 1.807) is 6.26 Å². The zero-order chi connectivity index (χ0) is 17.0. The maximum absolute atomic E-state index is 14.6. The normalized spacial score (nSPS) is 22.8. The molecule has 0 saturated heterocycles. The first-order valence-electron chi connectivity index (χ1n) is 7.81. The van der Waals surface area contributed by atoms with Crippen molar-refractivity contribution in [1.29, 1.82) is 0 Å². The van der Waals surface area contributed by atoms with Gasteiger partial charge in [0.05, 0.1) is 5.69 Å². The molecule has 1 N–H and O–H groups in total. The Morgan fingerprint density at radius 2 is 1.75 bits per heavy atom. The van der Waals surface area contributed by atoms with Crippen LogP contribution in [0.5, 0.6) is 0 Å². The molecule has 0 fully saturated rings. The van der Waals surface area contributed by atoms with E-state index in [9.17, 15) is 18.8 Å². The lowest BCUT2D eigenvalue weighted by molar-refractivity contribution is -0.120. The number of hydrogen-bond acceptors (Lipinski definition) is 4. The molecular weight excluding hydrogens is 331 g/mol. The van der Waals surface area contributed by atoms with E-state index in [4.69, 9.17) is 0 Å². The van der Waals surface area contributed by atoms with Gasteiger partial charge >= 0.3 is 0 Å². The van der Waals surface area contributed by atoms with Gasteiger partial charge in [0.1, 0.15) is 11.1 Å². The standard InChI is InChI=1S/C17H15FN2O3S/c1-24-14-10-6-13(11(18)7-12(10)19-15(14)21)20-16(22)8-4-2-3-5-9(8)17(20)23/h6-7,14H,2-5H2,1H3,(H,19,21). The lowest BCUT2D eigenvalue weighted by Gasteiger charge is -2.18. The highest BCUT2D eigenvalue weighted by atomic mass is 32.2. The number of thioether (sulfide) groups is 1. The highest BCUT2D eigenvalue weighted by molar-refractivity contribution is 7.99. The average molecular weight is 346 g/mol. The Balaban J connectivity index is 1.79. The number of fused-ring (bicyclic) bond motifs is 1. The van der Waals surface area contributed by atoms with Gasteiger partial charge in [-0.1, -0.05) is 0 Å². The summed E-state index contributed by atoms with van der Waals surface area (Å²) in [4.78, 5) is 38.1. The van der Waals surface area contributed by atoms with E-state index in [-0.39, 0.29) is 11.6 Å². The van der Waals surface area contributed by atoms with Crippen molar-refractivity contribution < 1.29 is 18.8 Å². The fourth-order valence-corrected chi connectivity index (χ4v) is 4.33. The van der Waals surface area contributed by atoms with Crippen molar-refractivity contribution in [3.05, 3.63) is 34.7 Å². The number of nitrogens with zero attached hydrogens (tertiary/aromatic N) is 1. The Morgan fingerprint density at radius 3 is 2.33 bits per heavy atom. The molecule has 0 saturated carbocycles. The summed E-state index contributed by atoms with van der Waals surface area (Å²) in [6.07, 6.45) is 4.65. The first-order chi connectivity index (χ1) is 11.5. The monoisotopic (exact) mass is 346 g/mol. The molecule has 1 aromatic carbocycles. The molecule has 3 amide bonds. The van der Waals surface area contributed by atoms with Gasteiger partial charge in [-0.3, -0.25) is 14.4 Å². The van der Waals surface area contributed by atoms with Crippen LogP contribution in [0.15, 0.2) is 23.3 Å². The minimum atomic E-state index is -0.683. The predicted octanol–water partition coefficient (Wildman–Crippen LogP) is 2.93. The van der Waals surface area contributed by atoms with Crippen molar-refractivity contribution in [2.45, 2.75) is 30.9 Å². The van der Waals surface area contributed by atoms with Crippen molar-refractivity contribution >= 4 is 40.9 Å². The van der Waals surface area contributed by atoms with Crippen LogP contribution in [0.2, 0.25) is 0 Å². The number of nitrogens with one attached hydrogen (secondary N) is 1. The molecule has 2 heterocycles. The summed E-state index contributed by atoms with van der Waals surface area (Å²) in [5.41, 5.74) is 1.98. The van der Waals surface area contributed by atoms with Crippen LogP contribution in [0.4, 0.5) is 15.8 Å². The first-order valence-corrected chi connectivity index (χ1v) is 9.09. The Morgan fingerprint density at radius 1 is 1.12 bits per heavy atom. The van der Waals surface area contributed by atoms with Crippen molar-refractivity contribution in [3.8, 4) is 0 Å². The smallest absolute Gasteiger partial charge is 0.261 e. The van der Waals surface area contributed by atoms with Gasteiger partial charge in [-0.2, -0.15) is 0 Å². The summed E-state index contributed by atoms with van der Waals surface area (Å²) < 4.78 is 14.6. The Bertz CT molecular complexity index is 805. The number of halogens is 1. The maximum atomic E-state index is 14.6. The second kappa shape index (κ2) is 5.44. The van der Waals surface area contributed by atoms with Crippen LogP contribution in [0.3, 0.4) is 0 Å². The van der Waals surface area contributed by atoms with E-state index in [0.717, 1.165) is 17.7 Å². The molecule has 24 heavy (non-hydrogen) atoms. The summed E-state index contributed by atoms with van der Waals surface area (Å²) in [5, 5.41) is 2.17. The van der Waals surface area contributed by atoms with Crippen LogP contribution < -0.4 is 10.2 Å². The maximum Gasteiger partial charge on any atom is 0.261 e. The minimum Gasteiger partial charge on any atom is -0.324 e. The number of anilines is 2. The van der Waals surface area contributed by atoms with E-state index < -0.39 is 22.9 Å². The van der Waals surface area contributed by atoms with Gasteiger partial charge in [0.15, 0.2) is 0 Å². The van der Waals surface area contributed by atoms with Crippen LogP contribution in [0, 0.1) is 5.82 Å². The molecule has 0 radical (unpaired) electrons. The van der Waals surface area contributed by atoms with E-state index in [0.29, 0.717) is 35.2 Å². The predicted molar refractivity (Wildman–Crippen MR) is 89.3 cm³/mol. The van der Waals surface area contributed by atoms with E-state index >= 15 is 0 Å². The third kappa shape index (κ3) is 2.04. The van der Waals surface area contributed by atoms with Gasteiger partial charge in [-0.05, 0) is 44.1 Å². The highest BCUT2D eigenvalue weighted by Crippen LogP contribution is 2.43. The number of benzene rings is 1. The number of carbonyl (C=O) groups is 3. The van der Waals surface area contributed by atoms with Crippen LogP contribution in [0.1, 0.15) is 36.5 Å². The summed E-state index contributed by atoms with van der Waals surface area (Å²) >= 11 is 1.33. The number of amides is 3.